The fourth-order valence-electron chi connectivity index (χ4n) is 10.5. The van der Waals surface area contributed by atoms with Gasteiger partial charge in [0.05, 0.1) is 65.1 Å². The molecule has 3 amide bonds. The molecule has 0 bridgehead atoms. The number of nitrogens with zero attached hydrogens (tertiary/aromatic N) is 6. The molecule has 107 heavy (non-hydrogen) atoms. The first-order chi connectivity index (χ1) is 50.1. The van der Waals surface area contributed by atoms with E-state index in [2.05, 4.69) is 4.74 Å². The van der Waals surface area contributed by atoms with E-state index in [9.17, 15) is 62.7 Å². The zero-order valence-corrected chi connectivity index (χ0v) is 63.9. The van der Waals surface area contributed by atoms with E-state index < -0.39 is 88.6 Å². The molecule has 0 saturated carbocycles. The molecule has 1 fully saturated rings. The van der Waals surface area contributed by atoms with Crippen LogP contribution < -0.4 is 9.47 Å². The number of rotatable bonds is 20. The molecule has 3 aromatic heterocycles. The van der Waals surface area contributed by atoms with E-state index >= 15 is 0 Å². The number of benzene rings is 6. The molecule has 0 aliphatic carbocycles. The summed E-state index contributed by atoms with van der Waals surface area (Å²) in [5, 5.41) is 9.50. The second-order valence-corrected chi connectivity index (χ2v) is 33.2. The van der Waals surface area contributed by atoms with Crippen LogP contribution in [0.15, 0.2) is 197 Å². The third-order valence-electron chi connectivity index (χ3n) is 15.5. The highest BCUT2D eigenvalue weighted by atomic mass is 32.2. The quantitative estimate of drug-likeness (QED) is 0.0548. The predicted octanol–water partition coefficient (Wildman–Crippen LogP) is 14.9. The number of phenolic OH excluding ortho intramolecular Hbond substituents is 1. The minimum absolute atomic E-state index is 0.00893. The number of esters is 1. The van der Waals surface area contributed by atoms with Crippen LogP contribution in [0, 0.1) is 17.5 Å². The van der Waals surface area contributed by atoms with Crippen molar-refractivity contribution < 1.29 is 95.9 Å². The lowest BCUT2D eigenvalue weighted by Crippen LogP contribution is -2.33. The lowest BCUT2D eigenvalue weighted by atomic mass is 10.1. The SMILES string of the molecule is CN(Cc1cc(-c2ccccc2F)n(S(=O)(=O)c2ccc(O)cc2)c1)C(=O)OC(C)(C)C.CN(Cc1cc(-c2ccccc2F)n(S(=O)(=O)c2ccc(OC3CCCCO3)cc2)c1)C(=O)OC(C)(C)C.COC(=O)COc1ccc(S(=O)(=O)n2cc(CN(C)C(=O)OC(C)(C)C)cc2-c2ccccc2F)cc1. The summed E-state index contributed by atoms with van der Waals surface area (Å²) in [6, 6.07) is 38.8. The molecule has 1 aliphatic heterocycles. The molecule has 30 heteroatoms. The van der Waals surface area contributed by atoms with E-state index in [0.717, 1.165) is 31.2 Å². The van der Waals surface area contributed by atoms with Crippen molar-refractivity contribution in [3.63, 3.8) is 0 Å². The van der Waals surface area contributed by atoms with Gasteiger partial charge in [-0.25, -0.2) is 69.5 Å². The molecule has 24 nitrogen and oxygen atoms in total. The second-order valence-electron chi connectivity index (χ2n) is 27.8. The molecular formula is C77H87F3N6O18S3. The number of carbonyl (C=O) groups is 4. The first-order valence-electron chi connectivity index (χ1n) is 33.6. The molecule has 1 saturated heterocycles. The van der Waals surface area contributed by atoms with Gasteiger partial charge in [-0.2, -0.15) is 0 Å². The molecule has 4 heterocycles. The van der Waals surface area contributed by atoms with Gasteiger partial charge in [0.2, 0.25) is 0 Å². The minimum atomic E-state index is -4.18. The van der Waals surface area contributed by atoms with Gasteiger partial charge in [0, 0.05) is 62.8 Å². The number of amides is 3. The fourth-order valence-corrected chi connectivity index (χ4v) is 14.7. The molecule has 1 aliphatic rings. The first-order valence-corrected chi connectivity index (χ1v) is 37.9. The van der Waals surface area contributed by atoms with Crippen LogP contribution in [0.25, 0.3) is 33.8 Å². The summed E-state index contributed by atoms with van der Waals surface area (Å²) in [5.74, 6) is -1.64. The van der Waals surface area contributed by atoms with Gasteiger partial charge in [0.25, 0.3) is 30.1 Å². The Morgan fingerprint density at radius 1 is 0.477 bits per heavy atom. The summed E-state index contributed by atoms with van der Waals surface area (Å²) < 4.78 is 166. The second kappa shape index (κ2) is 34.3. The van der Waals surface area contributed by atoms with Crippen molar-refractivity contribution in [2.45, 2.75) is 139 Å². The van der Waals surface area contributed by atoms with Crippen LogP contribution in [0.1, 0.15) is 98.3 Å². The smallest absolute Gasteiger partial charge is 0.410 e. The first kappa shape index (κ1) is 82.1. The van der Waals surface area contributed by atoms with Crippen LogP contribution in [0.2, 0.25) is 0 Å². The van der Waals surface area contributed by atoms with Crippen LogP contribution in [0.4, 0.5) is 27.6 Å². The highest BCUT2D eigenvalue weighted by Gasteiger charge is 2.31. The summed E-state index contributed by atoms with van der Waals surface area (Å²) >= 11 is 0. The fraction of sp³-hybridized carbons (Fsp3) is 0.325. The number of halogens is 3. The zero-order valence-electron chi connectivity index (χ0n) is 61.5. The topological polar surface area (TPSA) is 280 Å². The average Bonchev–Trinajstić information content (AvgIpc) is 1.67. The Morgan fingerprint density at radius 3 is 1.09 bits per heavy atom. The lowest BCUT2D eigenvalue weighted by molar-refractivity contribution is -0.142. The zero-order chi connectivity index (χ0) is 78.6. The molecule has 1 N–H and O–H groups in total. The van der Waals surface area contributed by atoms with Gasteiger partial charge < -0.3 is 53.0 Å². The van der Waals surface area contributed by atoms with Gasteiger partial charge in [-0.3, -0.25) is 0 Å². The van der Waals surface area contributed by atoms with Gasteiger partial charge in [0.15, 0.2) is 12.9 Å². The largest absolute Gasteiger partial charge is 0.508 e. The normalized spacial score (nSPS) is 13.3. The maximum absolute atomic E-state index is 14.8. The molecule has 0 radical (unpaired) electrons. The van der Waals surface area contributed by atoms with Crippen LogP contribution in [0.5, 0.6) is 17.2 Å². The number of hydrogen-bond donors (Lipinski definition) is 1. The summed E-state index contributed by atoms with van der Waals surface area (Å²) in [5.41, 5.74) is 0.00308. The van der Waals surface area contributed by atoms with E-state index in [-0.39, 0.29) is 92.5 Å². The number of aromatic nitrogens is 3. The number of phenols is 1. The maximum Gasteiger partial charge on any atom is 0.410 e. The van der Waals surface area contributed by atoms with Crippen LogP contribution in [0.3, 0.4) is 0 Å². The van der Waals surface area contributed by atoms with Gasteiger partial charge in [-0.05, 0) is 219 Å². The maximum atomic E-state index is 14.8. The summed E-state index contributed by atoms with van der Waals surface area (Å²) in [4.78, 5) is 52.3. The number of aromatic hydroxyl groups is 1. The van der Waals surface area contributed by atoms with E-state index in [1.165, 1.54) is 182 Å². The molecule has 9 aromatic rings. The van der Waals surface area contributed by atoms with Crippen LogP contribution in [-0.4, -0.2) is 146 Å². The van der Waals surface area contributed by atoms with Crippen molar-refractivity contribution in [3.8, 4) is 51.0 Å². The minimum Gasteiger partial charge on any atom is -0.508 e. The van der Waals surface area contributed by atoms with Gasteiger partial charge >= 0.3 is 24.2 Å². The Bertz CT molecular complexity index is 4960. The third kappa shape index (κ3) is 22.0. The monoisotopic (exact) mass is 1540 g/mol. The standard InChI is InChI=1S/C28H33FN2O6S.C26H29FN2O7S.C23H25FN2O5S/c1-28(2,3)37-27(32)30(4)18-20-17-25(23-9-5-6-10-24(23)29)31(19-20)38(33,34)22-14-12-21(13-15-22)36-26-11-7-8-16-35-26;1-26(2,3)36-25(31)28(4)15-18-14-23(21-8-6-7-9-22(21)27)29(16-18)37(32,33)20-12-10-19(11-13-20)35-17-24(30)34-5;1-23(2,3)31-22(28)25(4)14-16-13-21(19-7-5-6-8-20(19)24)26(15-16)32(29,30)18-11-9-17(27)10-12-18/h5-6,9-10,12-15,17,19,26H,7-8,11,16,18H2,1-4H3;6-14,16H,15,17H2,1-5H3;5-13,15,27H,14H2,1-4H3. The molecular weight excluding hydrogens is 1450 g/mol. The lowest BCUT2D eigenvalue weighted by Gasteiger charge is -2.24. The van der Waals surface area contributed by atoms with Crippen molar-refractivity contribution in [3.05, 3.63) is 217 Å². The third-order valence-corrected chi connectivity index (χ3v) is 20.6. The molecule has 0 spiro atoms. The van der Waals surface area contributed by atoms with Crippen LogP contribution >= 0.6 is 0 Å². The van der Waals surface area contributed by atoms with Crippen molar-refractivity contribution in [2.24, 2.45) is 0 Å². The average molecular weight is 1540 g/mol. The Hall–Kier alpha value is -10.6. The van der Waals surface area contributed by atoms with Gasteiger partial charge in [-0.1, -0.05) is 36.4 Å². The Morgan fingerprint density at radius 2 is 0.794 bits per heavy atom. The van der Waals surface area contributed by atoms with E-state index in [0.29, 0.717) is 29.0 Å². The van der Waals surface area contributed by atoms with Crippen LogP contribution in [-0.2, 0) is 78.2 Å². The van der Waals surface area contributed by atoms with Gasteiger partial charge in [-0.15, -0.1) is 0 Å². The van der Waals surface area contributed by atoms with E-state index in [1.54, 1.807) is 106 Å². The molecule has 572 valence electrons. The number of methoxy groups -OCH3 is 1. The van der Waals surface area contributed by atoms with Crippen molar-refractivity contribution in [2.75, 3.05) is 41.5 Å². The summed E-state index contributed by atoms with van der Waals surface area (Å²) in [6.45, 7) is 16.2. The molecule has 1 unspecified atom stereocenters. The number of hydrogen-bond acceptors (Lipinski definition) is 18. The molecule has 1 atom stereocenters. The number of ether oxygens (including phenoxy) is 7. The Kier molecular flexibility index (Phi) is 26.3. The van der Waals surface area contributed by atoms with Crippen molar-refractivity contribution in [1.29, 1.82) is 0 Å². The Labute approximate surface area is 621 Å². The Balaban J connectivity index is 0.000000203. The highest BCUT2D eigenvalue weighted by Crippen LogP contribution is 2.35. The van der Waals surface area contributed by atoms with E-state index in [1.807, 2.05) is 0 Å². The summed E-state index contributed by atoms with van der Waals surface area (Å²) in [7, 11) is -6.58. The van der Waals surface area contributed by atoms with E-state index in [4.69, 9.17) is 28.4 Å². The highest BCUT2D eigenvalue weighted by molar-refractivity contribution is 7.90. The molecule has 6 aromatic carbocycles. The van der Waals surface area contributed by atoms with Crippen molar-refractivity contribution >= 4 is 54.3 Å². The molecule has 10 rings (SSSR count). The summed E-state index contributed by atoms with van der Waals surface area (Å²) in [6.07, 6.45) is 4.81. The number of carbonyl (C=O) groups excluding carboxylic acids is 4. The predicted molar refractivity (Wildman–Crippen MR) is 393 cm³/mol. The van der Waals surface area contributed by atoms with Crippen molar-refractivity contribution in [1.82, 2.24) is 26.6 Å². The van der Waals surface area contributed by atoms with Gasteiger partial charge in [0.1, 0.15) is 51.5 Å².